The normalized spacial score (nSPS) is 15.3. The van der Waals surface area contributed by atoms with E-state index in [0.717, 1.165) is 18.7 Å². The van der Waals surface area contributed by atoms with Gasteiger partial charge in [-0.05, 0) is 6.42 Å². The smallest absolute Gasteiger partial charge is 0.419 e. The molecule has 10 heteroatoms. The highest BCUT2D eigenvalue weighted by atomic mass is 19.4. The van der Waals surface area contributed by atoms with Gasteiger partial charge in [0.1, 0.15) is 6.29 Å². The number of hydrogen-bond donors (Lipinski definition) is 0. The highest BCUT2D eigenvalue weighted by Crippen LogP contribution is 2.28. The van der Waals surface area contributed by atoms with Crippen molar-refractivity contribution in [3.63, 3.8) is 0 Å². The molecule has 24 heavy (non-hydrogen) atoms. The maximum atomic E-state index is 12.5. The molecule has 0 N–H and O–H groups in total. The summed E-state index contributed by atoms with van der Waals surface area (Å²) in [5, 5.41) is 0. The topological polar surface area (TPSA) is 75.6 Å². The average molecular weight is 346 g/mol. The second-order valence-corrected chi connectivity index (χ2v) is 5.17. The van der Waals surface area contributed by atoms with Crippen molar-refractivity contribution in [3.8, 4) is 0 Å². The number of anilines is 1. The van der Waals surface area contributed by atoms with E-state index in [1.54, 1.807) is 4.90 Å². The molecule has 0 radical (unpaired) electrons. The first-order valence-electron chi connectivity index (χ1n) is 7.41. The largest absolute Gasteiger partial charge is 0.449 e. The van der Waals surface area contributed by atoms with Crippen LogP contribution in [-0.4, -0.2) is 60.0 Å². The number of hydrogen-bond acceptors (Lipinski definition) is 6. The number of amides is 1. The Balaban J connectivity index is 1.82. The SMILES string of the molecule is O=CCCCOC(=O)N1CCN(c2ncc(C(F)(F)F)cn2)CC1. The number of ether oxygens (including phenoxy) is 1. The third kappa shape index (κ3) is 4.80. The fourth-order valence-electron chi connectivity index (χ4n) is 2.14. The number of carbonyl (C=O) groups excluding carboxylic acids is 2. The summed E-state index contributed by atoms with van der Waals surface area (Å²) in [6.07, 6.45) is -1.86. The molecule has 1 fully saturated rings. The molecule has 0 bridgehead atoms. The van der Waals surface area contributed by atoms with E-state index in [-0.39, 0.29) is 12.6 Å². The van der Waals surface area contributed by atoms with Crippen molar-refractivity contribution in [1.82, 2.24) is 14.9 Å². The van der Waals surface area contributed by atoms with E-state index in [9.17, 15) is 22.8 Å². The number of piperazine rings is 1. The van der Waals surface area contributed by atoms with E-state index < -0.39 is 17.8 Å². The Kier molecular flexibility index (Phi) is 5.93. The van der Waals surface area contributed by atoms with Gasteiger partial charge in [0.15, 0.2) is 0 Å². The Labute approximate surface area is 136 Å². The predicted octanol–water partition coefficient (Wildman–Crippen LogP) is 1.73. The molecule has 2 rings (SSSR count). The molecule has 7 nitrogen and oxygen atoms in total. The van der Waals surface area contributed by atoms with E-state index >= 15 is 0 Å². The molecule has 0 aromatic carbocycles. The lowest BCUT2D eigenvalue weighted by Gasteiger charge is -2.34. The fraction of sp³-hybridized carbons (Fsp3) is 0.571. The van der Waals surface area contributed by atoms with Crippen LogP contribution in [0.4, 0.5) is 23.9 Å². The zero-order valence-electron chi connectivity index (χ0n) is 12.8. The molecule has 0 unspecified atom stereocenters. The molecule has 2 heterocycles. The van der Waals surface area contributed by atoms with Crippen molar-refractivity contribution in [2.24, 2.45) is 0 Å². The van der Waals surface area contributed by atoms with E-state index in [4.69, 9.17) is 4.74 Å². The third-order valence-corrected chi connectivity index (χ3v) is 3.48. The zero-order valence-corrected chi connectivity index (χ0v) is 12.8. The van der Waals surface area contributed by atoms with Crippen molar-refractivity contribution in [1.29, 1.82) is 0 Å². The number of alkyl halides is 3. The summed E-state index contributed by atoms with van der Waals surface area (Å²) in [6, 6.07) is 0. The highest BCUT2D eigenvalue weighted by molar-refractivity contribution is 5.68. The maximum absolute atomic E-state index is 12.5. The minimum Gasteiger partial charge on any atom is -0.449 e. The summed E-state index contributed by atoms with van der Waals surface area (Å²) in [7, 11) is 0. The molecular weight excluding hydrogens is 329 g/mol. The number of halogens is 3. The molecule has 0 atom stereocenters. The van der Waals surface area contributed by atoms with Crippen LogP contribution in [0, 0.1) is 0 Å². The monoisotopic (exact) mass is 346 g/mol. The lowest BCUT2D eigenvalue weighted by atomic mass is 10.3. The van der Waals surface area contributed by atoms with Crippen LogP contribution in [0.3, 0.4) is 0 Å². The van der Waals surface area contributed by atoms with Crippen molar-refractivity contribution in [3.05, 3.63) is 18.0 Å². The average Bonchev–Trinajstić information content (AvgIpc) is 2.58. The van der Waals surface area contributed by atoms with Crippen molar-refractivity contribution in [2.45, 2.75) is 19.0 Å². The van der Waals surface area contributed by atoms with Gasteiger partial charge in [-0.1, -0.05) is 0 Å². The van der Waals surface area contributed by atoms with Crippen LogP contribution >= 0.6 is 0 Å². The quantitative estimate of drug-likeness (QED) is 0.597. The van der Waals surface area contributed by atoms with Gasteiger partial charge < -0.3 is 19.3 Å². The first-order valence-corrected chi connectivity index (χ1v) is 7.41. The Bertz CT molecular complexity index is 557. The van der Waals surface area contributed by atoms with Crippen LogP contribution in [0.15, 0.2) is 12.4 Å². The van der Waals surface area contributed by atoms with Gasteiger partial charge >= 0.3 is 12.3 Å². The highest BCUT2D eigenvalue weighted by Gasteiger charge is 2.32. The number of rotatable bonds is 5. The fourth-order valence-corrected chi connectivity index (χ4v) is 2.14. The predicted molar refractivity (Wildman–Crippen MR) is 77.5 cm³/mol. The maximum Gasteiger partial charge on any atom is 0.419 e. The molecule has 0 aliphatic carbocycles. The molecule has 0 spiro atoms. The van der Waals surface area contributed by atoms with Crippen molar-refractivity contribution < 1.29 is 27.5 Å². The number of unbranched alkanes of at least 4 members (excludes halogenated alkanes) is 1. The van der Waals surface area contributed by atoms with Crippen LogP contribution in [0.25, 0.3) is 0 Å². The number of aldehydes is 1. The minimum absolute atomic E-state index is 0.180. The van der Waals surface area contributed by atoms with Crippen LogP contribution in [0.1, 0.15) is 18.4 Å². The standard InChI is InChI=1S/C14H17F3N4O3/c15-14(16,17)11-9-18-12(19-10-11)20-3-5-21(6-4-20)13(23)24-8-2-1-7-22/h7,9-10H,1-6,8H2. The molecule has 1 saturated heterocycles. The summed E-state index contributed by atoms with van der Waals surface area (Å²) < 4.78 is 42.5. The van der Waals surface area contributed by atoms with Gasteiger partial charge in [0, 0.05) is 45.0 Å². The second-order valence-electron chi connectivity index (χ2n) is 5.17. The second kappa shape index (κ2) is 7.93. The molecule has 1 aliphatic heterocycles. The van der Waals surface area contributed by atoms with Gasteiger partial charge in [0.05, 0.1) is 12.2 Å². The third-order valence-electron chi connectivity index (χ3n) is 3.48. The van der Waals surface area contributed by atoms with Gasteiger partial charge in [0.25, 0.3) is 0 Å². The summed E-state index contributed by atoms with van der Waals surface area (Å²) in [5.41, 5.74) is -0.899. The number of aromatic nitrogens is 2. The summed E-state index contributed by atoms with van der Waals surface area (Å²) in [4.78, 5) is 32.6. The van der Waals surface area contributed by atoms with E-state index in [2.05, 4.69) is 9.97 Å². The van der Waals surface area contributed by atoms with Crippen molar-refractivity contribution >= 4 is 18.3 Å². The van der Waals surface area contributed by atoms with Crippen LogP contribution in [-0.2, 0) is 15.7 Å². The molecule has 1 aromatic rings. The van der Waals surface area contributed by atoms with Gasteiger partial charge in [-0.15, -0.1) is 0 Å². The van der Waals surface area contributed by atoms with Gasteiger partial charge in [-0.3, -0.25) is 0 Å². The van der Waals surface area contributed by atoms with Crippen LogP contribution in [0.2, 0.25) is 0 Å². The van der Waals surface area contributed by atoms with Gasteiger partial charge in [-0.25, -0.2) is 14.8 Å². The Hall–Kier alpha value is -2.39. The molecule has 1 aliphatic rings. The van der Waals surface area contributed by atoms with Gasteiger partial charge in [-0.2, -0.15) is 13.2 Å². The number of nitrogens with zero attached hydrogens (tertiary/aromatic N) is 4. The molecule has 0 saturated carbocycles. The Morgan fingerprint density at radius 2 is 1.83 bits per heavy atom. The minimum atomic E-state index is -4.47. The molecule has 1 amide bonds. The van der Waals surface area contributed by atoms with Crippen molar-refractivity contribution in [2.75, 3.05) is 37.7 Å². The lowest BCUT2D eigenvalue weighted by Crippen LogP contribution is -2.49. The first-order chi connectivity index (χ1) is 11.4. The Morgan fingerprint density at radius 1 is 1.21 bits per heavy atom. The molecule has 1 aromatic heterocycles. The lowest BCUT2D eigenvalue weighted by molar-refractivity contribution is -0.138. The zero-order chi connectivity index (χ0) is 17.6. The van der Waals surface area contributed by atoms with Crippen LogP contribution < -0.4 is 4.90 Å². The van der Waals surface area contributed by atoms with E-state index in [1.165, 1.54) is 4.90 Å². The number of carbonyl (C=O) groups is 2. The summed E-state index contributed by atoms with van der Waals surface area (Å²) >= 11 is 0. The van der Waals surface area contributed by atoms with E-state index in [1.807, 2.05) is 0 Å². The summed E-state index contributed by atoms with van der Waals surface area (Å²) in [6.45, 7) is 1.69. The molecule has 132 valence electrons. The first kappa shape index (κ1) is 18.0. The van der Waals surface area contributed by atoms with Gasteiger partial charge in [0.2, 0.25) is 5.95 Å². The molecular formula is C14H17F3N4O3. The van der Waals surface area contributed by atoms with Crippen LogP contribution in [0.5, 0.6) is 0 Å². The Morgan fingerprint density at radius 3 is 2.38 bits per heavy atom. The van der Waals surface area contributed by atoms with E-state index in [0.29, 0.717) is 39.0 Å². The summed E-state index contributed by atoms with van der Waals surface area (Å²) in [5.74, 6) is 0.196.